The van der Waals surface area contributed by atoms with Gasteiger partial charge in [0, 0.05) is 17.7 Å². The van der Waals surface area contributed by atoms with Crippen LogP contribution in [0.4, 0.5) is 5.69 Å². The van der Waals surface area contributed by atoms with Gasteiger partial charge in [0.15, 0.2) is 0 Å². The Kier molecular flexibility index (Phi) is 6.84. The molecule has 5 heteroatoms. The Morgan fingerprint density at radius 2 is 1.71 bits per heavy atom. The van der Waals surface area contributed by atoms with Crippen molar-refractivity contribution in [2.45, 2.75) is 38.1 Å². The maximum atomic E-state index is 12.7. The van der Waals surface area contributed by atoms with E-state index in [9.17, 15) is 9.59 Å². The van der Waals surface area contributed by atoms with Gasteiger partial charge in [-0.05, 0) is 37.1 Å². The highest BCUT2D eigenvalue weighted by Gasteiger charge is 2.18. The smallest absolute Gasteiger partial charge is 0.253 e. The van der Waals surface area contributed by atoms with Gasteiger partial charge < -0.3 is 15.4 Å². The van der Waals surface area contributed by atoms with Crippen LogP contribution in [-0.4, -0.2) is 25.0 Å². The first kappa shape index (κ1) is 19.7. The van der Waals surface area contributed by atoms with Crippen LogP contribution in [0.15, 0.2) is 54.6 Å². The predicted octanol–water partition coefficient (Wildman–Crippen LogP) is 4.41. The molecule has 1 aliphatic carbocycles. The molecule has 2 aromatic rings. The van der Waals surface area contributed by atoms with E-state index in [2.05, 4.69) is 10.6 Å². The average molecular weight is 378 g/mol. The van der Waals surface area contributed by atoms with Gasteiger partial charge >= 0.3 is 0 Å². The van der Waals surface area contributed by atoms with Crippen molar-refractivity contribution in [1.29, 1.82) is 0 Å². The van der Waals surface area contributed by atoms with E-state index in [-0.39, 0.29) is 17.9 Å². The molecule has 1 fully saturated rings. The first-order valence-corrected chi connectivity index (χ1v) is 9.69. The van der Waals surface area contributed by atoms with Crippen LogP contribution >= 0.6 is 0 Å². The maximum Gasteiger partial charge on any atom is 0.253 e. The van der Waals surface area contributed by atoms with Gasteiger partial charge in [-0.15, -0.1) is 0 Å². The molecule has 0 saturated heterocycles. The topological polar surface area (TPSA) is 67.4 Å². The molecule has 2 amide bonds. The summed E-state index contributed by atoms with van der Waals surface area (Å²) in [6.07, 6.45) is 8.70. The third-order valence-corrected chi connectivity index (χ3v) is 4.92. The minimum Gasteiger partial charge on any atom is -0.496 e. The molecule has 1 saturated carbocycles. The van der Waals surface area contributed by atoms with Crippen LogP contribution in [-0.2, 0) is 4.79 Å². The van der Waals surface area contributed by atoms with Gasteiger partial charge in [-0.3, -0.25) is 9.59 Å². The summed E-state index contributed by atoms with van der Waals surface area (Å²) in [6.45, 7) is 0. The summed E-state index contributed by atoms with van der Waals surface area (Å²) in [7, 11) is 1.59. The van der Waals surface area contributed by atoms with Gasteiger partial charge in [-0.2, -0.15) is 0 Å². The SMILES string of the molecule is COc1ccccc1/C=C/C(=O)Nc1ccccc1C(=O)NC1CCCCC1. The standard InChI is InChI=1S/C23H26N2O3/c1-28-21-14-8-5-9-17(21)15-16-22(26)25-20-13-7-6-12-19(20)23(27)24-18-10-3-2-4-11-18/h5-9,12-16,18H,2-4,10-11H2,1H3,(H,24,27)(H,25,26)/b16-15+. The van der Waals surface area contributed by atoms with Crippen molar-refractivity contribution in [2.24, 2.45) is 0 Å². The van der Waals surface area contributed by atoms with E-state index in [4.69, 9.17) is 4.74 Å². The van der Waals surface area contributed by atoms with Gasteiger partial charge in [0.05, 0.1) is 18.4 Å². The lowest BCUT2D eigenvalue weighted by Gasteiger charge is -2.23. The Balaban J connectivity index is 1.67. The van der Waals surface area contributed by atoms with E-state index < -0.39 is 0 Å². The van der Waals surface area contributed by atoms with Gasteiger partial charge in [-0.1, -0.05) is 49.6 Å². The van der Waals surface area contributed by atoms with Crippen LogP contribution in [0.3, 0.4) is 0 Å². The van der Waals surface area contributed by atoms with Crippen LogP contribution in [0.1, 0.15) is 48.0 Å². The second-order valence-electron chi connectivity index (χ2n) is 6.92. The fourth-order valence-electron chi connectivity index (χ4n) is 3.44. The fraction of sp³-hybridized carbons (Fsp3) is 0.304. The molecule has 28 heavy (non-hydrogen) atoms. The number of methoxy groups -OCH3 is 1. The van der Waals surface area contributed by atoms with Gasteiger partial charge in [0.2, 0.25) is 5.91 Å². The molecule has 0 atom stereocenters. The summed E-state index contributed by atoms with van der Waals surface area (Å²) in [5, 5.41) is 5.91. The molecule has 2 aromatic carbocycles. The molecule has 0 spiro atoms. The van der Waals surface area contributed by atoms with Crippen LogP contribution in [0.5, 0.6) is 5.75 Å². The number of anilines is 1. The molecule has 0 unspecified atom stereocenters. The first-order valence-electron chi connectivity index (χ1n) is 9.69. The Hall–Kier alpha value is -3.08. The zero-order valence-electron chi connectivity index (χ0n) is 16.1. The van der Waals surface area contributed by atoms with Crippen LogP contribution in [0.25, 0.3) is 6.08 Å². The van der Waals surface area contributed by atoms with E-state index in [1.54, 1.807) is 37.5 Å². The summed E-state index contributed by atoms with van der Waals surface area (Å²) in [6, 6.07) is 14.8. The highest BCUT2D eigenvalue weighted by atomic mass is 16.5. The zero-order valence-corrected chi connectivity index (χ0v) is 16.1. The molecular weight excluding hydrogens is 352 g/mol. The molecule has 0 heterocycles. The van der Waals surface area contributed by atoms with Crippen molar-refractivity contribution in [3.05, 3.63) is 65.7 Å². The second kappa shape index (κ2) is 9.74. The van der Waals surface area contributed by atoms with E-state index in [1.165, 1.54) is 12.5 Å². The molecule has 2 N–H and O–H groups in total. The highest BCUT2D eigenvalue weighted by molar-refractivity contribution is 6.07. The number of rotatable bonds is 6. The van der Waals surface area contributed by atoms with Crippen molar-refractivity contribution >= 4 is 23.6 Å². The molecule has 3 rings (SSSR count). The maximum absolute atomic E-state index is 12.7. The van der Waals surface area contributed by atoms with E-state index in [1.807, 2.05) is 24.3 Å². The molecule has 1 aliphatic rings. The lowest BCUT2D eigenvalue weighted by atomic mass is 9.95. The predicted molar refractivity (Wildman–Crippen MR) is 111 cm³/mol. The Morgan fingerprint density at radius 1 is 1.00 bits per heavy atom. The lowest BCUT2D eigenvalue weighted by molar-refractivity contribution is -0.111. The number of amides is 2. The minimum atomic E-state index is -0.302. The monoisotopic (exact) mass is 378 g/mol. The van der Waals surface area contributed by atoms with Crippen molar-refractivity contribution < 1.29 is 14.3 Å². The third-order valence-electron chi connectivity index (χ3n) is 4.92. The largest absolute Gasteiger partial charge is 0.496 e. The third kappa shape index (κ3) is 5.22. The van der Waals surface area contributed by atoms with Crippen molar-refractivity contribution in [3.63, 3.8) is 0 Å². The summed E-state index contributed by atoms with van der Waals surface area (Å²) in [5.41, 5.74) is 1.79. The molecule has 5 nitrogen and oxygen atoms in total. The lowest BCUT2D eigenvalue weighted by Crippen LogP contribution is -2.36. The molecule has 0 radical (unpaired) electrons. The van der Waals surface area contributed by atoms with Crippen molar-refractivity contribution in [3.8, 4) is 5.75 Å². The summed E-state index contributed by atoms with van der Waals surface area (Å²) in [5.74, 6) is 0.249. The number of para-hydroxylation sites is 2. The van der Waals surface area contributed by atoms with Gasteiger partial charge in [0.1, 0.15) is 5.75 Å². The number of carbonyl (C=O) groups excluding carboxylic acids is 2. The summed E-state index contributed by atoms with van der Waals surface area (Å²) in [4.78, 5) is 25.1. The molecule has 0 aromatic heterocycles. The Morgan fingerprint density at radius 3 is 2.50 bits per heavy atom. The van der Waals surface area contributed by atoms with E-state index in [0.717, 1.165) is 31.2 Å². The number of benzene rings is 2. The number of hydrogen-bond donors (Lipinski definition) is 2. The van der Waals surface area contributed by atoms with Gasteiger partial charge in [0.25, 0.3) is 5.91 Å². The van der Waals surface area contributed by atoms with Crippen molar-refractivity contribution in [2.75, 3.05) is 12.4 Å². The molecule has 0 bridgehead atoms. The first-order chi connectivity index (χ1) is 13.7. The zero-order chi connectivity index (χ0) is 19.8. The van der Waals surface area contributed by atoms with Crippen LogP contribution in [0.2, 0.25) is 0 Å². The molecular formula is C23H26N2O3. The Labute approximate surface area is 165 Å². The fourth-order valence-corrected chi connectivity index (χ4v) is 3.44. The van der Waals surface area contributed by atoms with Crippen LogP contribution in [0, 0.1) is 0 Å². The van der Waals surface area contributed by atoms with E-state index in [0.29, 0.717) is 17.0 Å². The highest BCUT2D eigenvalue weighted by Crippen LogP contribution is 2.21. The second-order valence-corrected chi connectivity index (χ2v) is 6.92. The van der Waals surface area contributed by atoms with Crippen LogP contribution < -0.4 is 15.4 Å². The number of hydrogen-bond acceptors (Lipinski definition) is 3. The van der Waals surface area contributed by atoms with E-state index >= 15 is 0 Å². The Bertz CT molecular complexity index is 854. The average Bonchev–Trinajstić information content (AvgIpc) is 2.73. The minimum absolute atomic E-state index is 0.142. The summed E-state index contributed by atoms with van der Waals surface area (Å²) >= 11 is 0. The molecule has 146 valence electrons. The normalized spacial score (nSPS) is 14.6. The summed E-state index contributed by atoms with van der Waals surface area (Å²) < 4.78 is 5.28. The number of nitrogens with one attached hydrogen (secondary N) is 2. The quantitative estimate of drug-likeness (QED) is 0.732. The van der Waals surface area contributed by atoms with Crippen molar-refractivity contribution in [1.82, 2.24) is 5.32 Å². The van der Waals surface area contributed by atoms with Gasteiger partial charge in [-0.25, -0.2) is 0 Å². The number of carbonyl (C=O) groups is 2. The molecule has 0 aliphatic heterocycles. The number of ether oxygens (including phenoxy) is 1.